The van der Waals surface area contributed by atoms with Gasteiger partial charge in [0, 0.05) is 25.2 Å². The van der Waals surface area contributed by atoms with E-state index in [1.807, 2.05) is 0 Å². The molecular formula is C14H22N2. The van der Waals surface area contributed by atoms with E-state index in [1.165, 1.54) is 16.7 Å². The largest absolute Gasteiger partial charge is 0.326 e. The third kappa shape index (κ3) is 2.13. The van der Waals surface area contributed by atoms with Gasteiger partial charge in [0.2, 0.25) is 0 Å². The fraction of sp³-hybridized carbons (Fsp3) is 0.571. The van der Waals surface area contributed by atoms with Crippen molar-refractivity contribution in [1.82, 2.24) is 4.90 Å². The van der Waals surface area contributed by atoms with Gasteiger partial charge in [-0.2, -0.15) is 0 Å². The van der Waals surface area contributed by atoms with Crippen LogP contribution in [0.25, 0.3) is 0 Å². The summed E-state index contributed by atoms with van der Waals surface area (Å²) in [6, 6.07) is 7.43. The lowest BCUT2D eigenvalue weighted by molar-refractivity contribution is 0.251. The van der Waals surface area contributed by atoms with Crippen molar-refractivity contribution in [2.24, 2.45) is 5.73 Å². The number of hydrogen-bond acceptors (Lipinski definition) is 2. The van der Waals surface area contributed by atoms with Crippen molar-refractivity contribution < 1.29 is 0 Å². The molecule has 2 rings (SSSR count). The Balaban J connectivity index is 2.12. The maximum atomic E-state index is 6.05. The summed E-state index contributed by atoms with van der Waals surface area (Å²) in [4.78, 5) is 2.49. The minimum Gasteiger partial charge on any atom is -0.326 e. The summed E-state index contributed by atoms with van der Waals surface area (Å²) >= 11 is 0. The molecule has 1 aromatic carbocycles. The molecule has 0 bridgehead atoms. The van der Waals surface area contributed by atoms with Gasteiger partial charge in [-0.15, -0.1) is 0 Å². The summed E-state index contributed by atoms with van der Waals surface area (Å²) < 4.78 is 0. The SMILES string of the molecule is Cc1cccc(CN2CCC(N)C2C)c1C. The Morgan fingerprint density at radius 2 is 2.12 bits per heavy atom. The molecule has 88 valence electrons. The second-order valence-electron chi connectivity index (χ2n) is 5.02. The molecular weight excluding hydrogens is 196 g/mol. The number of aryl methyl sites for hydroxylation is 1. The summed E-state index contributed by atoms with van der Waals surface area (Å²) in [5.41, 5.74) is 10.3. The zero-order valence-electron chi connectivity index (χ0n) is 10.5. The van der Waals surface area contributed by atoms with Gasteiger partial charge in [0.15, 0.2) is 0 Å². The molecule has 2 nitrogen and oxygen atoms in total. The van der Waals surface area contributed by atoms with Gasteiger partial charge in [-0.3, -0.25) is 4.90 Å². The van der Waals surface area contributed by atoms with Gasteiger partial charge in [-0.1, -0.05) is 18.2 Å². The van der Waals surface area contributed by atoms with Crippen LogP contribution >= 0.6 is 0 Å². The number of hydrogen-bond donors (Lipinski definition) is 1. The third-order valence-corrected chi connectivity index (χ3v) is 4.04. The maximum absolute atomic E-state index is 6.05. The lowest BCUT2D eigenvalue weighted by Gasteiger charge is -2.24. The van der Waals surface area contributed by atoms with Crippen LogP contribution in [-0.4, -0.2) is 23.5 Å². The van der Waals surface area contributed by atoms with Crippen molar-refractivity contribution in [1.29, 1.82) is 0 Å². The van der Waals surface area contributed by atoms with E-state index in [0.29, 0.717) is 12.1 Å². The van der Waals surface area contributed by atoms with Gasteiger partial charge >= 0.3 is 0 Å². The van der Waals surface area contributed by atoms with Crippen molar-refractivity contribution >= 4 is 0 Å². The number of likely N-dealkylation sites (tertiary alicyclic amines) is 1. The fourth-order valence-electron chi connectivity index (χ4n) is 2.46. The number of nitrogens with two attached hydrogens (primary N) is 1. The summed E-state index contributed by atoms with van der Waals surface area (Å²) in [5, 5.41) is 0. The Kier molecular flexibility index (Phi) is 3.31. The molecule has 0 aliphatic carbocycles. The Bertz CT molecular complexity index is 373. The Morgan fingerprint density at radius 3 is 2.75 bits per heavy atom. The molecule has 16 heavy (non-hydrogen) atoms. The van der Waals surface area contributed by atoms with Gasteiger partial charge in [0.1, 0.15) is 0 Å². The highest BCUT2D eigenvalue weighted by atomic mass is 15.2. The van der Waals surface area contributed by atoms with Crippen LogP contribution < -0.4 is 5.73 Å². The molecule has 1 heterocycles. The van der Waals surface area contributed by atoms with E-state index in [0.717, 1.165) is 19.5 Å². The molecule has 0 aromatic heterocycles. The molecule has 0 spiro atoms. The lowest BCUT2D eigenvalue weighted by atomic mass is 10.0. The molecule has 0 radical (unpaired) electrons. The molecule has 2 atom stereocenters. The van der Waals surface area contributed by atoms with Crippen LogP contribution in [0.15, 0.2) is 18.2 Å². The monoisotopic (exact) mass is 218 g/mol. The molecule has 1 aliphatic rings. The minimum absolute atomic E-state index is 0.352. The molecule has 2 heteroatoms. The highest BCUT2D eigenvalue weighted by Crippen LogP contribution is 2.21. The zero-order valence-corrected chi connectivity index (χ0v) is 10.5. The van der Waals surface area contributed by atoms with E-state index >= 15 is 0 Å². The van der Waals surface area contributed by atoms with Gasteiger partial charge in [-0.05, 0) is 43.9 Å². The van der Waals surface area contributed by atoms with Crippen molar-refractivity contribution in [3.05, 3.63) is 34.9 Å². The standard InChI is InChI=1S/C14H22N2/c1-10-5-4-6-13(11(10)2)9-16-8-7-14(15)12(16)3/h4-6,12,14H,7-9,15H2,1-3H3. The molecule has 1 saturated heterocycles. The average Bonchev–Trinajstić information content (AvgIpc) is 2.57. The first-order chi connectivity index (χ1) is 7.59. The topological polar surface area (TPSA) is 29.3 Å². The molecule has 2 unspecified atom stereocenters. The molecule has 1 aliphatic heterocycles. The van der Waals surface area contributed by atoms with Gasteiger partial charge in [0.05, 0.1) is 0 Å². The molecule has 2 N–H and O–H groups in total. The summed E-state index contributed by atoms with van der Waals surface area (Å²) in [7, 11) is 0. The third-order valence-electron chi connectivity index (χ3n) is 4.04. The van der Waals surface area contributed by atoms with E-state index in [2.05, 4.69) is 43.9 Å². The minimum atomic E-state index is 0.352. The van der Waals surface area contributed by atoms with Crippen LogP contribution in [-0.2, 0) is 6.54 Å². The van der Waals surface area contributed by atoms with E-state index in [9.17, 15) is 0 Å². The second-order valence-corrected chi connectivity index (χ2v) is 5.02. The zero-order chi connectivity index (χ0) is 11.7. The maximum Gasteiger partial charge on any atom is 0.0239 e. The van der Waals surface area contributed by atoms with Crippen LogP contribution in [0.5, 0.6) is 0 Å². The van der Waals surface area contributed by atoms with Gasteiger partial charge in [0.25, 0.3) is 0 Å². The second kappa shape index (κ2) is 4.56. The van der Waals surface area contributed by atoms with Gasteiger partial charge < -0.3 is 5.73 Å². The highest BCUT2D eigenvalue weighted by Gasteiger charge is 2.27. The average molecular weight is 218 g/mol. The summed E-state index contributed by atoms with van der Waals surface area (Å²) in [5.74, 6) is 0. The lowest BCUT2D eigenvalue weighted by Crippen LogP contribution is -2.36. The van der Waals surface area contributed by atoms with Crippen LogP contribution in [0.4, 0.5) is 0 Å². The predicted molar refractivity (Wildman–Crippen MR) is 68.4 cm³/mol. The smallest absolute Gasteiger partial charge is 0.0239 e. The normalized spacial score (nSPS) is 26.2. The summed E-state index contributed by atoms with van der Waals surface area (Å²) in [6.45, 7) is 8.81. The number of benzene rings is 1. The van der Waals surface area contributed by atoms with Crippen LogP contribution in [0.1, 0.15) is 30.0 Å². The van der Waals surface area contributed by atoms with Crippen molar-refractivity contribution in [2.75, 3.05) is 6.54 Å². The van der Waals surface area contributed by atoms with Crippen LogP contribution in [0.3, 0.4) is 0 Å². The van der Waals surface area contributed by atoms with Crippen LogP contribution in [0.2, 0.25) is 0 Å². The van der Waals surface area contributed by atoms with Crippen LogP contribution in [0, 0.1) is 13.8 Å². The predicted octanol–water partition coefficient (Wildman–Crippen LogP) is 2.22. The van der Waals surface area contributed by atoms with Gasteiger partial charge in [-0.25, -0.2) is 0 Å². The molecule has 1 fully saturated rings. The Labute approximate surface area is 98.4 Å². The van der Waals surface area contributed by atoms with Crippen molar-refractivity contribution in [3.63, 3.8) is 0 Å². The molecule has 0 amide bonds. The van der Waals surface area contributed by atoms with E-state index in [1.54, 1.807) is 0 Å². The Hall–Kier alpha value is -0.860. The molecule has 0 saturated carbocycles. The Morgan fingerprint density at radius 1 is 1.38 bits per heavy atom. The summed E-state index contributed by atoms with van der Waals surface area (Å²) in [6.07, 6.45) is 1.13. The van der Waals surface area contributed by atoms with E-state index < -0.39 is 0 Å². The quantitative estimate of drug-likeness (QED) is 0.824. The fourth-order valence-corrected chi connectivity index (χ4v) is 2.46. The van der Waals surface area contributed by atoms with E-state index in [-0.39, 0.29) is 0 Å². The highest BCUT2D eigenvalue weighted by molar-refractivity contribution is 5.33. The first-order valence-electron chi connectivity index (χ1n) is 6.14. The molecule has 1 aromatic rings. The number of rotatable bonds is 2. The first-order valence-corrected chi connectivity index (χ1v) is 6.14. The number of nitrogens with zero attached hydrogens (tertiary/aromatic N) is 1. The van der Waals surface area contributed by atoms with Crippen molar-refractivity contribution in [2.45, 2.75) is 45.8 Å². The first kappa shape index (κ1) is 11.6. The van der Waals surface area contributed by atoms with Crippen molar-refractivity contribution in [3.8, 4) is 0 Å². The van der Waals surface area contributed by atoms with E-state index in [4.69, 9.17) is 5.73 Å².